The van der Waals surface area contributed by atoms with Gasteiger partial charge in [0.25, 0.3) is 5.91 Å². The van der Waals surface area contributed by atoms with Crippen LogP contribution in [0.4, 0.5) is 0 Å². The smallest absolute Gasteiger partial charge is 0.264 e. The minimum atomic E-state index is 0.00197. The largest absolute Gasteiger partial charge is 0.394 e. The molecule has 1 aliphatic rings. The Kier molecular flexibility index (Phi) is 4.00. The number of nitrogens with zero attached hydrogens (tertiary/aromatic N) is 1. The highest BCUT2D eigenvalue weighted by molar-refractivity contribution is 9.11. The van der Waals surface area contributed by atoms with E-state index in [4.69, 9.17) is 0 Å². The van der Waals surface area contributed by atoms with Gasteiger partial charge in [-0.1, -0.05) is 0 Å². The van der Waals surface area contributed by atoms with Crippen molar-refractivity contribution in [2.45, 2.75) is 25.3 Å². The van der Waals surface area contributed by atoms with Crippen molar-refractivity contribution in [2.24, 2.45) is 0 Å². The van der Waals surface area contributed by atoms with Crippen LogP contribution in [0.25, 0.3) is 0 Å². The second-order valence-corrected chi connectivity index (χ2v) is 6.40. The molecule has 1 atom stereocenters. The lowest BCUT2D eigenvalue weighted by Gasteiger charge is -2.34. The Hall–Kier alpha value is -0.390. The van der Waals surface area contributed by atoms with Crippen LogP contribution in [-0.2, 0) is 0 Å². The van der Waals surface area contributed by atoms with Crippen molar-refractivity contribution >= 4 is 33.2 Å². The van der Waals surface area contributed by atoms with Crippen molar-refractivity contribution in [1.29, 1.82) is 0 Å². The maximum Gasteiger partial charge on any atom is 0.264 e. The minimum absolute atomic E-state index is 0.00197. The summed E-state index contributed by atoms with van der Waals surface area (Å²) in [6.45, 7) is 0.831. The summed E-state index contributed by atoms with van der Waals surface area (Å²) in [4.78, 5) is 14.7. The Morgan fingerprint density at radius 1 is 1.56 bits per heavy atom. The highest BCUT2D eigenvalue weighted by Crippen LogP contribution is 2.26. The molecule has 1 fully saturated rings. The van der Waals surface area contributed by atoms with Gasteiger partial charge < -0.3 is 10.0 Å². The van der Waals surface area contributed by atoms with Gasteiger partial charge in [-0.25, -0.2) is 0 Å². The molecule has 0 saturated carbocycles. The molecule has 1 aromatic rings. The molecule has 0 spiro atoms. The molecule has 0 radical (unpaired) electrons. The third-order valence-corrected chi connectivity index (χ3v) is 4.49. The summed E-state index contributed by atoms with van der Waals surface area (Å²) in [5.74, 6) is 0.0504. The summed E-state index contributed by atoms with van der Waals surface area (Å²) in [6.07, 6.45) is 3.05. The fraction of sp³-hybridized carbons (Fsp3) is 0.545. The molecule has 16 heavy (non-hydrogen) atoms. The standard InChI is InChI=1S/C11H14BrNO2S/c12-10-5-4-9(16-10)11(15)13-6-2-1-3-8(13)7-14/h4-5,8,14H,1-3,6-7H2. The number of hydrogen-bond acceptors (Lipinski definition) is 3. The molecule has 2 heterocycles. The summed E-state index contributed by atoms with van der Waals surface area (Å²) in [6, 6.07) is 3.72. The van der Waals surface area contributed by atoms with E-state index in [1.54, 1.807) is 0 Å². The van der Waals surface area contributed by atoms with Crippen molar-refractivity contribution < 1.29 is 9.90 Å². The number of piperidine rings is 1. The van der Waals surface area contributed by atoms with E-state index in [2.05, 4.69) is 15.9 Å². The summed E-state index contributed by atoms with van der Waals surface area (Å²) in [5.41, 5.74) is 0. The number of amides is 1. The lowest BCUT2D eigenvalue weighted by atomic mass is 10.0. The first-order valence-electron chi connectivity index (χ1n) is 5.39. The number of hydrogen-bond donors (Lipinski definition) is 1. The second kappa shape index (κ2) is 5.29. The zero-order valence-corrected chi connectivity index (χ0v) is 11.3. The summed E-state index contributed by atoms with van der Waals surface area (Å²) in [5, 5.41) is 9.26. The van der Waals surface area contributed by atoms with E-state index in [1.165, 1.54) is 11.3 Å². The van der Waals surface area contributed by atoms with E-state index in [0.717, 1.165) is 34.5 Å². The van der Waals surface area contributed by atoms with Crippen LogP contribution in [-0.4, -0.2) is 35.1 Å². The predicted octanol–water partition coefficient (Wildman–Crippen LogP) is 2.50. The number of carbonyl (C=O) groups is 1. The molecule has 1 aliphatic heterocycles. The highest BCUT2D eigenvalue weighted by Gasteiger charge is 2.27. The fourth-order valence-corrected chi connectivity index (χ4v) is 3.37. The van der Waals surface area contributed by atoms with E-state index < -0.39 is 0 Å². The van der Waals surface area contributed by atoms with Gasteiger partial charge in [0.1, 0.15) is 0 Å². The lowest BCUT2D eigenvalue weighted by Crippen LogP contribution is -2.45. The molecule has 1 N–H and O–H groups in total. The molecule has 88 valence electrons. The average molecular weight is 304 g/mol. The summed E-state index contributed by atoms with van der Waals surface area (Å²) in [7, 11) is 0. The zero-order valence-electron chi connectivity index (χ0n) is 8.86. The molecule has 3 nitrogen and oxygen atoms in total. The molecular weight excluding hydrogens is 290 g/mol. The van der Waals surface area contributed by atoms with Crippen LogP contribution in [0.15, 0.2) is 15.9 Å². The van der Waals surface area contributed by atoms with E-state index in [-0.39, 0.29) is 18.6 Å². The quantitative estimate of drug-likeness (QED) is 0.912. The monoisotopic (exact) mass is 303 g/mol. The van der Waals surface area contributed by atoms with Crippen LogP contribution in [0, 0.1) is 0 Å². The van der Waals surface area contributed by atoms with Gasteiger partial charge in [-0.2, -0.15) is 0 Å². The molecule has 0 aromatic carbocycles. The number of aliphatic hydroxyl groups excluding tert-OH is 1. The van der Waals surface area contributed by atoms with Crippen molar-refractivity contribution in [3.8, 4) is 0 Å². The Morgan fingerprint density at radius 3 is 3.00 bits per heavy atom. The molecule has 1 unspecified atom stereocenters. The summed E-state index contributed by atoms with van der Waals surface area (Å²) >= 11 is 4.80. The predicted molar refractivity (Wildman–Crippen MR) is 67.8 cm³/mol. The fourth-order valence-electron chi connectivity index (χ4n) is 2.03. The van der Waals surface area contributed by atoms with Gasteiger partial charge in [0.15, 0.2) is 0 Å². The van der Waals surface area contributed by atoms with Crippen LogP contribution in [0.3, 0.4) is 0 Å². The number of thiophene rings is 1. The average Bonchev–Trinajstić information content (AvgIpc) is 2.75. The van der Waals surface area contributed by atoms with Crippen LogP contribution >= 0.6 is 27.3 Å². The molecule has 1 amide bonds. The molecule has 1 aromatic heterocycles. The normalized spacial score (nSPS) is 21.1. The van der Waals surface area contributed by atoms with Crippen molar-refractivity contribution in [3.05, 3.63) is 20.8 Å². The second-order valence-electron chi connectivity index (χ2n) is 3.93. The van der Waals surface area contributed by atoms with E-state index >= 15 is 0 Å². The first kappa shape index (κ1) is 12.1. The highest BCUT2D eigenvalue weighted by atomic mass is 79.9. The SMILES string of the molecule is O=C(c1ccc(Br)s1)N1CCCCC1CO. The molecule has 5 heteroatoms. The number of carbonyl (C=O) groups excluding carboxylic acids is 1. The number of rotatable bonds is 2. The Morgan fingerprint density at radius 2 is 2.38 bits per heavy atom. The first-order valence-corrected chi connectivity index (χ1v) is 7.00. The van der Waals surface area contributed by atoms with Gasteiger partial charge in [0.05, 0.1) is 21.3 Å². The molecule has 1 saturated heterocycles. The van der Waals surface area contributed by atoms with E-state index in [9.17, 15) is 9.90 Å². The maximum atomic E-state index is 12.2. The number of aliphatic hydroxyl groups is 1. The van der Waals surface area contributed by atoms with Crippen LogP contribution < -0.4 is 0 Å². The van der Waals surface area contributed by atoms with E-state index in [1.807, 2.05) is 17.0 Å². The number of halogens is 1. The van der Waals surface area contributed by atoms with Gasteiger partial charge in [-0.15, -0.1) is 11.3 Å². The van der Waals surface area contributed by atoms with Crippen molar-refractivity contribution in [3.63, 3.8) is 0 Å². The van der Waals surface area contributed by atoms with Crippen molar-refractivity contribution in [1.82, 2.24) is 4.90 Å². The van der Waals surface area contributed by atoms with Gasteiger partial charge >= 0.3 is 0 Å². The van der Waals surface area contributed by atoms with Crippen LogP contribution in [0.5, 0.6) is 0 Å². The Labute approximate surface area is 107 Å². The Balaban J connectivity index is 2.13. The Bertz CT molecular complexity index is 380. The topological polar surface area (TPSA) is 40.5 Å². The lowest BCUT2D eigenvalue weighted by molar-refractivity contribution is 0.0508. The van der Waals surface area contributed by atoms with Gasteiger partial charge in [-0.05, 0) is 47.3 Å². The van der Waals surface area contributed by atoms with Gasteiger partial charge in [0.2, 0.25) is 0 Å². The van der Waals surface area contributed by atoms with Crippen molar-refractivity contribution in [2.75, 3.05) is 13.2 Å². The van der Waals surface area contributed by atoms with Gasteiger partial charge in [-0.3, -0.25) is 4.79 Å². The van der Waals surface area contributed by atoms with E-state index in [0.29, 0.717) is 0 Å². The zero-order chi connectivity index (χ0) is 11.5. The third-order valence-electron chi connectivity index (χ3n) is 2.88. The maximum absolute atomic E-state index is 12.2. The molecule has 0 bridgehead atoms. The summed E-state index contributed by atoms with van der Waals surface area (Å²) < 4.78 is 0.966. The molecule has 2 rings (SSSR count). The van der Waals surface area contributed by atoms with Crippen LogP contribution in [0.1, 0.15) is 28.9 Å². The minimum Gasteiger partial charge on any atom is -0.394 e. The van der Waals surface area contributed by atoms with Crippen LogP contribution in [0.2, 0.25) is 0 Å². The molecular formula is C11H14BrNO2S. The first-order chi connectivity index (χ1) is 7.72. The molecule has 0 aliphatic carbocycles. The van der Waals surface area contributed by atoms with Gasteiger partial charge in [0, 0.05) is 6.54 Å². The third kappa shape index (κ3) is 2.47. The number of likely N-dealkylation sites (tertiary alicyclic amines) is 1.